The third-order valence-electron chi connectivity index (χ3n) is 4.74. The first-order valence-corrected chi connectivity index (χ1v) is 8.36. The molecule has 6 nitrogen and oxygen atoms in total. The first-order chi connectivity index (χ1) is 12.9. The van der Waals surface area contributed by atoms with Crippen LogP contribution in [0.4, 0.5) is 13.6 Å². The van der Waals surface area contributed by atoms with Crippen LogP contribution in [0.2, 0.25) is 0 Å². The van der Waals surface area contributed by atoms with Gasteiger partial charge in [-0.1, -0.05) is 12.1 Å². The monoisotopic (exact) mass is 374 g/mol. The Labute approximate surface area is 153 Å². The molecule has 1 N–H and O–H groups in total. The van der Waals surface area contributed by atoms with Crippen LogP contribution < -0.4 is 14.8 Å². The van der Waals surface area contributed by atoms with Gasteiger partial charge in [0.1, 0.15) is 30.4 Å². The number of amides is 3. The van der Waals surface area contributed by atoms with E-state index in [4.69, 9.17) is 9.47 Å². The fourth-order valence-corrected chi connectivity index (χ4v) is 3.21. The molecule has 2 aliphatic rings. The van der Waals surface area contributed by atoms with E-state index in [-0.39, 0.29) is 12.1 Å². The summed E-state index contributed by atoms with van der Waals surface area (Å²) in [5.41, 5.74) is -0.762. The van der Waals surface area contributed by atoms with Gasteiger partial charge in [0.2, 0.25) is 0 Å². The maximum atomic E-state index is 13.9. The lowest BCUT2D eigenvalue weighted by Crippen LogP contribution is -2.41. The summed E-state index contributed by atoms with van der Waals surface area (Å²) in [5, 5.41) is 2.65. The van der Waals surface area contributed by atoms with Crippen molar-refractivity contribution in [3.8, 4) is 11.5 Å². The van der Waals surface area contributed by atoms with Crippen LogP contribution in [0.3, 0.4) is 0 Å². The number of nitrogens with zero attached hydrogens (tertiary/aromatic N) is 1. The van der Waals surface area contributed by atoms with Crippen LogP contribution in [0.5, 0.6) is 11.5 Å². The lowest BCUT2D eigenvalue weighted by atomic mass is 9.91. The van der Waals surface area contributed by atoms with E-state index in [9.17, 15) is 18.4 Å². The SMILES string of the molecule is C[C@]1(c2ccc3c(c2)OCCO3)NC(=O)N(Cc2ccc(F)cc2F)C1=O. The number of urea groups is 1. The van der Waals surface area contributed by atoms with Gasteiger partial charge >= 0.3 is 6.03 Å². The van der Waals surface area contributed by atoms with Crippen molar-refractivity contribution in [2.45, 2.75) is 19.0 Å². The van der Waals surface area contributed by atoms with Gasteiger partial charge in [-0.05, 0) is 30.7 Å². The number of hydrogen-bond acceptors (Lipinski definition) is 4. The van der Waals surface area contributed by atoms with Crippen molar-refractivity contribution in [3.05, 3.63) is 59.2 Å². The van der Waals surface area contributed by atoms with Gasteiger partial charge in [0.15, 0.2) is 11.5 Å². The second-order valence-electron chi connectivity index (χ2n) is 6.54. The molecule has 0 bridgehead atoms. The number of carbonyl (C=O) groups is 2. The zero-order chi connectivity index (χ0) is 19.2. The van der Waals surface area contributed by atoms with Crippen molar-refractivity contribution in [2.24, 2.45) is 0 Å². The van der Waals surface area contributed by atoms with Crippen molar-refractivity contribution in [2.75, 3.05) is 13.2 Å². The van der Waals surface area contributed by atoms with Crippen LogP contribution in [0.25, 0.3) is 0 Å². The summed E-state index contributed by atoms with van der Waals surface area (Å²) in [7, 11) is 0. The molecule has 140 valence electrons. The Morgan fingerprint density at radius 3 is 2.56 bits per heavy atom. The summed E-state index contributed by atoms with van der Waals surface area (Å²) < 4.78 is 38.0. The third kappa shape index (κ3) is 2.87. The number of fused-ring (bicyclic) bond motifs is 1. The van der Waals surface area contributed by atoms with Crippen molar-refractivity contribution < 1.29 is 27.8 Å². The summed E-state index contributed by atoms with van der Waals surface area (Å²) in [6.45, 7) is 2.11. The van der Waals surface area contributed by atoms with Crippen LogP contribution in [-0.2, 0) is 16.9 Å². The van der Waals surface area contributed by atoms with Crippen molar-refractivity contribution in [3.63, 3.8) is 0 Å². The average Bonchev–Trinajstić information content (AvgIpc) is 2.87. The fourth-order valence-electron chi connectivity index (χ4n) is 3.21. The van der Waals surface area contributed by atoms with Crippen LogP contribution in [0.1, 0.15) is 18.1 Å². The second-order valence-corrected chi connectivity index (χ2v) is 6.54. The summed E-state index contributed by atoms with van der Waals surface area (Å²) in [4.78, 5) is 26.3. The third-order valence-corrected chi connectivity index (χ3v) is 4.74. The molecule has 0 unspecified atom stereocenters. The highest BCUT2D eigenvalue weighted by atomic mass is 19.1. The smallest absolute Gasteiger partial charge is 0.325 e. The van der Waals surface area contributed by atoms with E-state index in [2.05, 4.69) is 5.32 Å². The van der Waals surface area contributed by atoms with Crippen molar-refractivity contribution >= 4 is 11.9 Å². The Morgan fingerprint density at radius 2 is 1.81 bits per heavy atom. The Balaban J connectivity index is 1.63. The maximum absolute atomic E-state index is 13.9. The molecule has 1 saturated heterocycles. The van der Waals surface area contributed by atoms with Crippen LogP contribution >= 0.6 is 0 Å². The second kappa shape index (κ2) is 6.22. The van der Waals surface area contributed by atoms with Gasteiger partial charge in [0.05, 0.1) is 6.54 Å². The molecule has 0 aromatic heterocycles. The molecule has 0 aliphatic carbocycles. The normalized spacial score (nSPS) is 21.4. The molecular weight excluding hydrogens is 358 g/mol. The highest BCUT2D eigenvalue weighted by Crippen LogP contribution is 2.37. The van der Waals surface area contributed by atoms with E-state index in [1.165, 1.54) is 6.07 Å². The summed E-state index contributed by atoms with van der Waals surface area (Å²) in [6, 6.07) is 7.36. The van der Waals surface area contributed by atoms with Gasteiger partial charge in [-0.15, -0.1) is 0 Å². The van der Waals surface area contributed by atoms with Gasteiger partial charge in [0, 0.05) is 11.6 Å². The number of imide groups is 1. The van der Waals surface area contributed by atoms with Gasteiger partial charge < -0.3 is 14.8 Å². The Morgan fingerprint density at radius 1 is 1.07 bits per heavy atom. The molecule has 2 aliphatic heterocycles. The first kappa shape index (κ1) is 17.3. The van der Waals surface area contributed by atoms with Gasteiger partial charge in [0.25, 0.3) is 5.91 Å². The molecule has 1 fully saturated rings. The van der Waals surface area contributed by atoms with E-state index >= 15 is 0 Å². The van der Waals surface area contributed by atoms with E-state index in [1.54, 1.807) is 25.1 Å². The summed E-state index contributed by atoms with van der Waals surface area (Å²) in [5.74, 6) is -1.02. The minimum atomic E-state index is -1.33. The molecule has 8 heteroatoms. The minimum absolute atomic E-state index is 0.0475. The topological polar surface area (TPSA) is 67.9 Å². The number of rotatable bonds is 3. The largest absolute Gasteiger partial charge is 0.486 e. The predicted octanol–water partition coefficient (Wildman–Crippen LogP) is 2.70. The van der Waals surface area contributed by atoms with Crippen LogP contribution in [0, 0.1) is 11.6 Å². The molecule has 3 amide bonds. The van der Waals surface area contributed by atoms with E-state index < -0.39 is 29.1 Å². The highest BCUT2D eigenvalue weighted by molar-refractivity contribution is 6.07. The standard InChI is InChI=1S/C19H16F2N2O4/c1-19(12-3-5-15-16(8-12)27-7-6-26-15)17(24)23(18(25)22-19)10-11-2-4-13(20)9-14(11)21/h2-5,8-9H,6-7,10H2,1H3,(H,22,25)/t19-/m1/s1. The molecule has 4 rings (SSSR count). The number of carbonyl (C=O) groups excluding carboxylic acids is 2. The van der Waals surface area contributed by atoms with E-state index in [0.29, 0.717) is 36.3 Å². The zero-order valence-electron chi connectivity index (χ0n) is 14.4. The fraction of sp³-hybridized carbons (Fsp3) is 0.263. The first-order valence-electron chi connectivity index (χ1n) is 8.36. The molecule has 0 saturated carbocycles. The number of nitrogens with one attached hydrogen (secondary N) is 1. The molecule has 27 heavy (non-hydrogen) atoms. The molecule has 0 radical (unpaired) electrons. The molecule has 2 aromatic carbocycles. The van der Waals surface area contributed by atoms with Gasteiger partial charge in [-0.25, -0.2) is 13.6 Å². The lowest BCUT2D eigenvalue weighted by Gasteiger charge is -2.25. The molecule has 0 spiro atoms. The van der Waals surface area contributed by atoms with Crippen LogP contribution in [0.15, 0.2) is 36.4 Å². The molecule has 2 aromatic rings. The quantitative estimate of drug-likeness (QED) is 0.839. The number of hydrogen-bond donors (Lipinski definition) is 1. The van der Waals surface area contributed by atoms with Crippen molar-refractivity contribution in [1.82, 2.24) is 10.2 Å². The summed E-state index contributed by atoms with van der Waals surface area (Å²) >= 11 is 0. The zero-order valence-corrected chi connectivity index (χ0v) is 14.4. The Hall–Kier alpha value is -3.16. The average molecular weight is 374 g/mol. The van der Waals surface area contributed by atoms with Gasteiger partial charge in [-0.2, -0.15) is 0 Å². The minimum Gasteiger partial charge on any atom is -0.486 e. The van der Waals surface area contributed by atoms with E-state index in [0.717, 1.165) is 11.0 Å². The molecule has 2 heterocycles. The molecular formula is C19H16F2N2O4. The summed E-state index contributed by atoms with van der Waals surface area (Å²) in [6.07, 6.45) is 0. The Kier molecular flexibility index (Phi) is 3.98. The number of ether oxygens (including phenoxy) is 2. The highest BCUT2D eigenvalue weighted by Gasteiger charge is 2.49. The molecule has 1 atom stereocenters. The van der Waals surface area contributed by atoms with Crippen molar-refractivity contribution in [1.29, 1.82) is 0 Å². The lowest BCUT2D eigenvalue weighted by molar-refractivity contribution is -0.131. The maximum Gasteiger partial charge on any atom is 0.325 e. The van der Waals surface area contributed by atoms with E-state index in [1.807, 2.05) is 0 Å². The Bertz CT molecular complexity index is 949. The number of benzene rings is 2. The number of halogens is 2. The van der Waals surface area contributed by atoms with Gasteiger partial charge in [-0.3, -0.25) is 9.69 Å². The predicted molar refractivity (Wildman–Crippen MR) is 90.2 cm³/mol. The van der Waals surface area contributed by atoms with Crippen LogP contribution in [-0.4, -0.2) is 30.1 Å².